The fourth-order valence-electron chi connectivity index (χ4n) is 1.47. The molecule has 0 atom stereocenters. The highest BCUT2D eigenvalue weighted by Crippen LogP contribution is 2.23. The van der Waals surface area contributed by atoms with E-state index in [1.165, 1.54) is 12.3 Å². The molecule has 2 aromatic rings. The van der Waals surface area contributed by atoms with E-state index in [2.05, 4.69) is 10.2 Å². The summed E-state index contributed by atoms with van der Waals surface area (Å²) in [6.45, 7) is 0. The van der Waals surface area contributed by atoms with E-state index < -0.39 is 9.84 Å². The Kier molecular flexibility index (Phi) is 4.75. The molecule has 0 aliphatic carbocycles. The first kappa shape index (κ1) is 15.4. The summed E-state index contributed by atoms with van der Waals surface area (Å²) >= 11 is 17.6. The van der Waals surface area contributed by atoms with Gasteiger partial charge in [0.25, 0.3) is 0 Å². The standard InChI is InChI=1S/C12H9Cl3N2O2S/c13-9-3-1-8(2-4-9)10(14)5-6-20(18,19)12-11(15)7-16-17-12/h1-5,7H,6H2,(H,16,17). The first-order valence-corrected chi connectivity index (χ1v) is 8.22. The Morgan fingerprint density at radius 2 is 1.90 bits per heavy atom. The van der Waals surface area contributed by atoms with Gasteiger partial charge in [-0.2, -0.15) is 5.10 Å². The zero-order valence-corrected chi connectivity index (χ0v) is 13.1. The molecule has 1 aromatic carbocycles. The van der Waals surface area contributed by atoms with Gasteiger partial charge in [-0.05, 0) is 23.8 Å². The Balaban J connectivity index is 2.20. The molecule has 0 aliphatic heterocycles. The van der Waals surface area contributed by atoms with Crippen molar-refractivity contribution < 1.29 is 8.42 Å². The van der Waals surface area contributed by atoms with Crippen LogP contribution in [-0.2, 0) is 9.84 Å². The summed E-state index contributed by atoms with van der Waals surface area (Å²) in [6, 6.07) is 6.76. The third-order valence-corrected chi connectivity index (χ3v) is 5.04. The van der Waals surface area contributed by atoms with Gasteiger partial charge in [-0.1, -0.05) is 46.9 Å². The first-order valence-electron chi connectivity index (χ1n) is 5.43. The largest absolute Gasteiger partial charge is 0.266 e. The molecule has 2 rings (SSSR count). The number of hydrogen-bond acceptors (Lipinski definition) is 3. The van der Waals surface area contributed by atoms with Crippen molar-refractivity contribution in [1.82, 2.24) is 10.2 Å². The van der Waals surface area contributed by atoms with Crippen LogP contribution in [0.2, 0.25) is 10.0 Å². The maximum Gasteiger partial charge on any atom is 0.200 e. The van der Waals surface area contributed by atoms with Gasteiger partial charge in [0.1, 0.15) is 0 Å². The van der Waals surface area contributed by atoms with Gasteiger partial charge in [0.2, 0.25) is 0 Å². The van der Waals surface area contributed by atoms with E-state index in [9.17, 15) is 8.42 Å². The summed E-state index contributed by atoms with van der Waals surface area (Å²) in [5.74, 6) is -0.281. The van der Waals surface area contributed by atoms with Crippen LogP contribution in [0.25, 0.3) is 5.03 Å². The van der Waals surface area contributed by atoms with Crippen molar-refractivity contribution in [3.8, 4) is 0 Å². The van der Waals surface area contributed by atoms with Crippen molar-refractivity contribution in [2.75, 3.05) is 5.75 Å². The van der Waals surface area contributed by atoms with Crippen molar-refractivity contribution in [2.45, 2.75) is 5.03 Å². The number of nitrogens with zero attached hydrogens (tertiary/aromatic N) is 1. The predicted molar refractivity (Wildman–Crippen MR) is 80.9 cm³/mol. The molecule has 1 N–H and O–H groups in total. The molecule has 0 radical (unpaired) electrons. The molecule has 0 amide bonds. The number of rotatable bonds is 4. The van der Waals surface area contributed by atoms with Crippen molar-refractivity contribution in [1.29, 1.82) is 0 Å². The summed E-state index contributed by atoms with van der Waals surface area (Å²) in [5, 5.41) is 6.78. The van der Waals surface area contributed by atoms with Crippen LogP contribution in [0.1, 0.15) is 5.56 Å². The molecule has 1 heterocycles. The van der Waals surface area contributed by atoms with Crippen LogP contribution in [0.15, 0.2) is 41.6 Å². The molecule has 0 fully saturated rings. The molecular weight excluding hydrogens is 343 g/mol. The van der Waals surface area contributed by atoms with Gasteiger partial charge < -0.3 is 0 Å². The number of aromatic amines is 1. The molecule has 4 nitrogen and oxygen atoms in total. The molecule has 1 aromatic heterocycles. The number of nitrogens with one attached hydrogen (secondary N) is 1. The Labute approximate surface area is 131 Å². The van der Waals surface area contributed by atoms with Gasteiger partial charge in [0.05, 0.1) is 17.0 Å². The molecule has 20 heavy (non-hydrogen) atoms. The lowest BCUT2D eigenvalue weighted by molar-refractivity contribution is 0.595. The molecule has 8 heteroatoms. The molecule has 0 saturated carbocycles. The highest BCUT2D eigenvalue weighted by molar-refractivity contribution is 7.91. The van der Waals surface area contributed by atoms with Crippen molar-refractivity contribution in [3.63, 3.8) is 0 Å². The maximum absolute atomic E-state index is 12.0. The molecule has 0 bridgehead atoms. The van der Waals surface area contributed by atoms with Crippen molar-refractivity contribution in [2.24, 2.45) is 0 Å². The van der Waals surface area contributed by atoms with Gasteiger partial charge in [0.15, 0.2) is 14.9 Å². The van der Waals surface area contributed by atoms with E-state index >= 15 is 0 Å². The third-order valence-electron chi connectivity index (χ3n) is 2.47. The van der Waals surface area contributed by atoms with E-state index in [1.54, 1.807) is 24.3 Å². The fraction of sp³-hybridized carbons (Fsp3) is 0.0833. The number of aromatic nitrogens is 2. The number of benzene rings is 1. The highest BCUT2D eigenvalue weighted by Gasteiger charge is 2.19. The zero-order valence-electron chi connectivity index (χ0n) is 9.98. The summed E-state index contributed by atoms with van der Waals surface area (Å²) < 4.78 is 24.0. The Bertz CT molecular complexity index is 736. The Morgan fingerprint density at radius 1 is 1.25 bits per heavy atom. The first-order chi connectivity index (χ1) is 9.40. The van der Waals surface area contributed by atoms with Gasteiger partial charge in [-0.25, -0.2) is 8.42 Å². The average Bonchev–Trinajstić information content (AvgIpc) is 2.84. The lowest BCUT2D eigenvalue weighted by atomic mass is 10.2. The van der Waals surface area contributed by atoms with Crippen molar-refractivity contribution in [3.05, 3.63) is 52.1 Å². The van der Waals surface area contributed by atoms with Crippen LogP contribution in [-0.4, -0.2) is 24.4 Å². The normalized spacial score (nSPS) is 12.7. The molecule has 0 unspecified atom stereocenters. The van der Waals surface area contributed by atoms with E-state index in [0.29, 0.717) is 15.6 Å². The van der Waals surface area contributed by atoms with E-state index in [-0.39, 0.29) is 15.8 Å². The van der Waals surface area contributed by atoms with Gasteiger partial charge in [0, 0.05) is 10.1 Å². The summed E-state index contributed by atoms with van der Waals surface area (Å²) in [4.78, 5) is 0. The number of hydrogen-bond donors (Lipinski definition) is 1. The van der Waals surface area contributed by atoms with Gasteiger partial charge in [-0.3, -0.25) is 5.10 Å². The fourth-order valence-corrected chi connectivity index (χ4v) is 3.43. The van der Waals surface area contributed by atoms with Crippen LogP contribution in [0, 0.1) is 0 Å². The van der Waals surface area contributed by atoms with E-state index in [4.69, 9.17) is 34.8 Å². The van der Waals surface area contributed by atoms with Crippen molar-refractivity contribution >= 4 is 49.7 Å². The molecule has 0 aliphatic rings. The van der Waals surface area contributed by atoms with Crippen LogP contribution in [0.5, 0.6) is 0 Å². The van der Waals surface area contributed by atoms with Crippen LogP contribution in [0.3, 0.4) is 0 Å². The summed E-state index contributed by atoms with van der Waals surface area (Å²) in [5.41, 5.74) is 0.682. The van der Waals surface area contributed by atoms with E-state index in [1.807, 2.05) is 0 Å². The summed E-state index contributed by atoms with van der Waals surface area (Å²) in [7, 11) is -3.60. The lowest BCUT2D eigenvalue weighted by Crippen LogP contribution is -2.06. The molecule has 0 spiro atoms. The quantitative estimate of drug-likeness (QED) is 0.912. The van der Waals surface area contributed by atoms with Gasteiger partial charge >= 0.3 is 0 Å². The maximum atomic E-state index is 12.0. The topological polar surface area (TPSA) is 62.8 Å². The zero-order chi connectivity index (χ0) is 14.8. The monoisotopic (exact) mass is 350 g/mol. The second-order valence-electron chi connectivity index (χ2n) is 3.89. The SMILES string of the molecule is O=S(=O)(CC=C(Cl)c1ccc(Cl)cc1)c1[nH]ncc1Cl. The van der Waals surface area contributed by atoms with Crippen LogP contribution in [0.4, 0.5) is 0 Å². The smallest absolute Gasteiger partial charge is 0.200 e. The minimum atomic E-state index is -3.60. The predicted octanol–water partition coefficient (Wildman–Crippen LogP) is 3.77. The lowest BCUT2D eigenvalue weighted by Gasteiger charge is -2.01. The molecule has 106 valence electrons. The average molecular weight is 352 g/mol. The number of sulfone groups is 1. The molecular formula is C12H9Cl3N2O2S. The third kappa shape index (κ3) is 3.55. The second kappa shape index (κ2) is 6.18. The molecule has 0 saturated heterocycles. The minimum absolute atomic E-state index is 0.0565. The minimum Gasteiger partial charge on any atom is -0.266 e. The Hall–Kier alpha value is -1.01. The number of halogens is 3. The van der Waals surface area contributed by atoms with Crippen LogP contribution >= 0.6 is 34.8 Å². The van der Waals surface area contributed by atoms with Gasteiger partial charge in [-0.15, -0.1) is 0 Å². The Morgan fingerprint density at radius 3 is 2.45 bits per heavy atom. The summed E-state index contributed by atoms with van der Waals surface area (Å²) in [6.07, 6.45) is 2.64. The van der Waals surface area contributed by atoms with Crippen LogP contribution < -0.4 is 0 Å². The number of H-pyrrole nitrogens is 1. The highest BCUT2D eigenvalue weighted by atomic mass is 35.5. The second-order valence-corrected chi connectivity index (χ2v) is 7.11. The van der Waals surface area contributed by atoms with E-state index in [0.717, 1.165) is 0 Å².